The van der Waals surface area contributed by atoms with Gasteiger partial charge < -0.3 is 10.1 Å². The lowest BCUT2D eigenvalue weighted by atomic mass is 10.2. The van der Waals surface area contributed by atoms with Gasteiger partial charge in [0.15, 0.2) is 16.1 Å². The molecule has 1 aromatic carbocycles. The van der Waals surface area contributed by atoms with Crippen LogP contribution in [0, 0.1) is 0 Å². The Balaban J connectivity index is 1.65. The van der Waals surface area contributed by atoms with Crippen molar-refractivity contribution in [1.29, 1.82) is 0 Å². The Labute approximate surface area is 194 Å². The van der Waals surface area contributed by atoms with Crippen molar-refractivity contribution in [3.8, 4) is 22.8 Å². The van der Waals surface area contributed by atoms with E-state index < -0.39 is 0 Å². The fourth-order valence-electron chi connectivity index (χ4n) is 2.98. The molecule has 0 aliphatic carbocycles. The second-order valence-electron chi connectivity index (χ2n) is 6.46. The maximum atomic E-state index is 12.5. The van der Waals surface area contributed by atoms with Gasteiger partial charge in [-0.3, -0.25) is 14.3 Å². The number of halogens is 1. The first-order valence-electron chi connectivity index (χ1n) is 9.78. The predicted molar refractivity (Wildman–Crippen MR) is 124 cm³/mol. The van der Waals surface area contributed by atoms with E-state index in [-0.39, 0.29) is 16.8 Å². The number of nitrogens with zero attached hydrogens (tertiary/aromatic N) is 5. The SMILES string of the molecule is CCOc1ccccc1-n1c(SCC(=O)Nc2cccnc2Cl)nnc1-c1cccnc1. The van der Waals surface area contributed by atoms with Crippen molar-refractivity contribution >= 4 is 35.0 Å². The van der Waals surface area contributed by atoms with E-state index in [1.807, 2.05) is 47.9 Å². The summed E-state index contributed by atoms with van der Waals surface area (Å²) in [6.07, 6.45) is 4.97. The van der Waals surface area contributed by atoms with Crippen LogP contribution in [0.2, 0.25) is 5.15 Å². The average Bonchev–Trinajstić information content (AvgIpc) is 3.24. The molecule has 10 heteroatoms. The second-order valence-corrected chi connectivity index (χ2v) is 7.76. The molecule has 4 rings (SSSR count). The van der Waals surface area contributed by atoms with E-state index >= 15 is 0 Å². The summed E-state index contributed by atoms with van der Waals surface area (Å²) in [6.45, 7) is 2.44. The van der Waals surface area contributed by atoms with Crippen molar-refractivity contribution in [2.24, 2.45) is 0 Å². The Hall–Kier alpha value is -3.43. The number of carbonyl (C=O) groups is 1. The van der Waals surface area contributed by atoms with Gasteiger partial charge in [-0.25, -0.2) is 4.98 Å². The lowest BCUT2D eigenvalue weighted by molar-refractivity contribution is -0.113. The van der Waals surface area contributed by atoms with E-state index in [0.717, 1.165) is 11.3 Å². The molecule has 0 radical (unpaired) electrons. The smallest absolute Gasteiger partial charge is 0.234 e. The molecule has 0 unspecified atom stereocenters. The van der Waals surface area contributed by atoms with Crippen LogP contribution >= 0.6 is 23.4 Å². The molecule has 3 aromatic heterocycles. The van der Waals surface area contributed by atoms with Crippen LogP contribution < -0.4 is 10.1 Å². The van der Waals surface area contributed by atoms with E-state index in [4.69, 9.17) is 16.3 Å². The van der Waals surface area contributed by atoms with Crippen LogP contribution in [0.3, 0.4) is 0 Å². The van der Waals surface area contributed by atoms with Crippen molar-refractivity contribution in [3.63, 3.8) is 0 Å². The maximum Gasteiger partial charge on any atom is 0.234 e. The minimum atomic E-state index is -0.236. The van der Waals surface area contributed by atoms with E-state index in [9.17, 15) is 4.79 Å². The van der Waals surface area contributed by atoms with Gasteiger partial charge in [0, 0.05) is 24.2 Å². The van der Waals surface area contributed by atoms with Gasteiger partial charge in [0.25, 0.3) is 0 Å². The number of hydrogen-bond donors (Lipinski definition) is 1. The fraction of sp³-hybridized carbons (Fsp3) is 0.136. The number of carbonyl (C=O) groups excluding carboxylic acids is 1. The standard InChI is InChI=1S/C22H19ClN6O2S/c1-2-31-18-10-4-3-9-17(18)29-21(15-7-5-11-24-13-15)27-28-22(29)32-14-19(30)26-16-8-6-12-25-20(16)23/h3-13H,2,14H2,1H3,(H,26,30). The quantitative estimate of drug-likeness (QED) is 0.301. The summed E-state index contributed by atoms with van der Waals surface area (Å²) in [5, 5.41) is 12.3. The van der Waals surface area contributed by atoms with E-state index in [1.54, 1.807) is 30.7 Å². The highest BCUT2D eigenvalue weighted by Crippen LogP contribution is 2.32. The Morgan fingerprint density at radius 2 is 1.97 bits per heavy atom. The van der Waals surface area contributed by atoms with Crippen LogP contribution in [0.5, 0.6) is 5.75 Å². The van der Waals surface area contributed by atoms with Crippen molar-refractivity contribution in [2.45, 2.75) is 12.1 Å². The average molecular weight is 467 g/mol. The van der Waals surface area contributed by atoms with Crippen molar-refractivity contribution in [2.75, 3.05) is 17.7 Å². The zero-order chi connectivity index (χ0) is 22.3. The van der Waals surface area contributed by atoms with Crippen LogP contribution in [0.15, 0.2) is 72.3 Å². The molecule has 4 aromatic rings. The summed E-state index contributed by atoms with van der Waals surface area (Å²) in [7, 11) is 0. The highest BCUT2D eigenvalue weighted by molar-refractivity contribution is 7.99. The van der Waals surface area contributed by atoms with Gasteiger partial charge in [0.1, 0.15) is 5.75 Å². The number of rotatable bonds is 8. The van der Waals surface area contributed by atoms with Crippen LogP contribution in [0.25, 0.3) is 17.1 Å². The van der Waals surface area contributed by atoms with Crippen LogP contribution in [0.1, 0.15) is 6.92 Å². The van der Waals surface area contributed by atoms with Gasteiger partial charge in [-0.2, -0.15) is 0 Å². The number of benzene rings is 1. The zero-order valence-electron chi connectivity index (χ0n) is 17.1. The van der Waals surface area contributed by atoms with Crippen molar-refractivity contribution in [3.05, 3.63) is 72.3 Å². The summed E-state index contributed by atoms with van der Waals surface area (Å²) in [5.74, 6) is 1.16. The number of aromatic nitrogens is 5. The molecule has 162 valence electrons. The molecule has 3 heterocycles. The third-order valence-electron chi connectivity index (χ3n) is 4.32. The molecular formula is C22H19ClN6O2S. The zero-order valence-corrected chi connectivity index (χ0v) is 18.7. The van der Waals surface area contributed by atoms with Crippen LogP contribution in [-0.2, 0) is 4.79 Å². The van der Waals surface area contributed by atoms with Gasteiger partial charge >= 0.3 is 0 Å². The number of thioether (sulfide) groups is 1. The first-order chi connectivity index (χ1) is 15.7. The number of ether oxygens (including phenoxy) is 1. The molecule has 32 heavy (non-hydrogen) atoms. The molecule has 0 spiro atoms. The van der Waals surface area contributed by atoms with E-state index in [1.165, 1.54) is 11.8 Å². The van der Waals surface area contributed by atoms with Gasteiger partial charge in [0.05, 0.1) is 23.7 Å². The normalized spacial score (nSPS) is 10.7. The molecule has 0 bridgehead atoms. The summed E-state index contributed by atoms with van der Waals surface area (Å²) < 4.78 is 7.69. The maximum absolute atomic E-state index is 12.5. The molecule has 0 saturated heterocycles. The Kier molecular flexibility index (Phi) is 6.98. The van der Waals surface area contributed by atoms with Crippen molar-refractivity contribution in [1.82, 2.24) is 24.7 Å². The van der Waals surface area contributed by atoms with Crippen LogP contribution in [0.4, 0.5) is 5.69 Å². The van der Waals surface area contributed by atoms with Gasteiger partial charge in [-0.15, -0.1) is 10.2 Å². The van der Waals surface area contributed by atoms with E-state index in [0.29, 0.717) is 29.0 Å². The molecule has 0 atom stereocenters. The minimum absolute atomic E-state index is 0.104. The second kappa shape index (κ2) is 10.3. The summed E-state index contributed by atoms with van der Waals surface area (Å²) in [6, 6.07) is 14.8. The molecule has 0 aliphatic rings. The molecule has 1 N–H and O–H groups in total. The van der Waals surface area contributed by atoms with Crippen LogP contribution in [-0.4, -0.2) is 43.0 Å². The molecular weight excluding hydrogens is 448 g/mol. The summed E-state index contributed by atoms with van der Waals surface area (Å²) >= 11 is 7.29. The highest BCUT2D eigenvalue weighted by Gasteiger charge is 2.20. The number of para-hydroxylation sites is 2. The molecule has 0 fully saturated rings. The first-order valence-corrected chi connectivity index (χ1v) is 11.1. The fourth-order valence-corrected chi connectivity index (χ4v) is 3.89. The number of pyridine rings is 2. The van der Waals surface area contributed by atoms with E-state index in [2.05, 4.69) is 25.5 Å². The summed E-state index contributed by atoms with van der Waals surface area (Å²) in [5.41, 5.74) is 2.03. The molecule has 0 aliphatic heterocycles. The lowest BCUT2D eigenvalue weighted by Gasteiger charge is -2.14. The lowest BCUT2D eigenvalue weighted by Crippen LogP contribution is -2.15. The number of hydrogen-bond acceptors (Lipinski definition) is 7. The Morgan fingerprint density at radius 3 is 2.75 bits per heavy atom. The third kappa shape index (κ3) is 4.90. The minimum Gasteiger partial charge on any atom is -0.492 e. The highest BCUT2D eigenvalue weighted by atomic mass is 35.5. The summed E-state index contributed by atoms with van der Waals surface area (Å²) in [4.78, 5) is 20.7. The topological polar surface area (TPSA) is 94.8 Å². The molecule has 1 amide bonds. The number of amides is 1. The Bertz CT molecular complexity index is 1220. The predicted octanol–water partition coefficient (Wildman–Crippen LogP) is 4.51. The molecule has 0 saturated carbocycles. The van der Waals surface area contributed by atoms with Gasteiger partial charge in [-0.05, 0) is 43.3 Å². The molecule has 8 nitrogen and oxygen atoms in total. The third-order valence-corrected chi connectivity index (χ3v) is 5.55. The first kappa shape index (κ1) is 21.8. The largest absolute Gasteiger partial charge is 0.492 e. The van der Waals surface area contributed by atoms with Gasteiger partial charge in [-0.1, -0.05) is 35.5 Å². The van der Waals surface area contributed by atoms with Gasteiger partial charge in [0.2, 0.25) is 5.91 Å². The van der Waals surface area contributed by atoms with Crippen molar-refractivity contribution < 1.29 is 9.53 Å². The number of nitrogens with one attached hydrogen (secondary N) is 1. The monoisotopic (exact) mass is 466 g/mol. The Morgan fingerprint density at radius 1 is 1.12 bits per heavy atom. The number of anilines is 1.